The lowest BCUT2D eigenvalue weighted by Gasteiger charge is -2.14. The molecule has 1 rings (SSSR count). The Balaban J connectivity index is 2.61. The van der Waals surface area contributed by atoms with Crippen LogP contribution < -0.4 is 0 Å². The molecule has 4 heteroatoms. The monoisotopic (exact) mass is 202 g/mol. The topological polar surface area (TPSA) is 0 Å². The highest BCUT2D eigenvalue weighted by Crippen LogP contribution is 2.36. The van der Waals surface area contributed by atoms with Crippen LogP contribution in [0, 0.1) is 0 Å². The fraction of sp³-hybridized carbons (Fsp3) is 0.600. The predicted octanol–water partition coefficient (Wildman–Crippen LogP) is 3.38. The van der Waals surface area contributed by atoms with Crippen molar-refractivity contribution in [3.8, 4) is 0 Å². The lowest BCUT2D eigenvalue weighted by atomic mass is 10.3. The zero-order valence-corrected chi connectivity index (χ0v) is 7.62. The van der Waals surface area contributed by atoms with Gasteiger partial charge in [0.25, 0.3) is 0 Å². The summed E-state index contributed by atoms with van der Waals surface area (Å²) in [6, 6.07) is 0. The van der Waals surface area contributed by atoms with Crippen molar-refractivity contribution in [1.29, 1.82) is 0 Å². The van der Waals surface area contributed by atoms with Gasteiger partial charge in [0.15, 0.2) is 0 Å². The Morgan fingerprint density at radius 1 is 1.44 bits per heavy atom. The van der Waals surface area contributed by atoms with Crippen LogP contribution in [0.25, 0.3) is 0 Å². The highest BCUT2D eigenvalue weighted by atomic mass is 35.5. The third kappa shape index (κ3) is 2.23. The summed E-state index contributed by atoms with van der Waals surface area (Å²) in [5, 5.41) is 0.859. The molecular formula is C5H5Cl3S. The second-order valence-electron chi connectivity index (χ2n) is 1.79. The van der Waals surface area contributed by atoms with E-state index in [2.05, 4.69) is 0 Å². The summed E-state index contributed by atoms with van der Waals surface area (Å²) in [7, 11) is 0. The normalized spacial score (nSPS) is 29.0. The van der Waals surface area contributed by atoms with Crippen LogP contribution in [0.15, 0.2) is 9.40 Å². The van der Waals surface area contributed by atoms with Crippen molar-refractivity contribution in [2.24, 2.45) is 0 Å². The largest absolute Gasteiger partial charge is 0.122 e. The first-order valence-corrected chi connectivity index (χ1v) is 4.69. The van der Waals surface area contributed by atoms with Crippen molar-refractivity contribution in [2.45, 2.75) is 11.8 Å². The molecule has 0 saturated carbocycles. The van der Waals surface area contributed by atoms with Gasteiger partial charge in [-0.25, -0.2) is 0 Å². The van der Waals surface area contributed by atoms with Crippen molar-refractivity contribution in [3.05, 3.63) is 9.40 Å². The van der Waals surface area contributed by atoms with Gasteiger partial charge in [-0.1, -0.05) is 23.2 Å². The Kier molecular flexibility index (Phi) is 3.03. The maximum Gasteiger partial charge on any atom is 0.0881 e. The average molecular weight is 204 g/mol. The SMILES string of the molecule is ClC1=C(Cl)SCC(Cl)C1. The molecular weight excluding hydrogens is 198 g/mol. The van der Waals surface area contributed by atoms with Gasteiger partial charge >= 0.3 is 0 Å². The molecule has 9 heavy (non-hydrogen) atoms. The van der Waals surface area contributed by atoms with E-state index in [9.17, 15) is 0 Å². The van der Waals surface area contributed by atoms with E-state index >= 15 is 0 Å². The number of halogens is 3. The number of alkyl halides is 1. The molecule has 0 bridgehead atoms. The Labute approximate surface area is 73.5 Å². The third-order valence-electron chi connectivity index (χ3n) is 1.00. The fourth-order valence-electron chi connectivity index (χ4n) is 0.576. The van der Waals surface area contributed by atoms with Gasteiger partial charge < -0.3 is 0 Å². The van der Waals surface area contributed by atoms with E-state index in [-0.39, 0.29) is 5.38 Å². The molecule has 1 atom stereocenters. The van der Waals surface area contributed by atoms with Crippen LogP contribution >= 0.6 is 46.6 Å². The Hall–Kier alpha value is 0.960. The number of allylic oxidation sites excluding steroid dienone is 1. The van der Waals surface area contributed by atoms with E-state index < -0.39 is 0 Å². The molecule has 0 aromatic carbocycles. The molecule has 0 radical (unpaired) electrons. The minimum absolute atomic E-state index is 0.157. The molecule has 52 valence electrons. The van der Waals surface area contributed by atoms with Crippen molar-refractivity contribution in [1.82, 2.24) is 0 Å². The molecule has 0 saturated heterocycles. The second-order valence-corrected chi connectivity index (χ2v) is 4.50. The quantitative estimate of drug-likeness (QED) is 0.544. The second kappa shape index (κ2) is 3.38. The first-order valence-electron chi connectivity index (χ1n) is 2.51. The zero-order valence-electron chi connectivity index (χ0n) is 4.53. The summed E-state index contributed by atoms with van der Waals surface area (Å²) in [5.74, 6) is 0.872. The van der Waals surface area contributed by atoms with E-state index in [4.69, 9.17) is 34.8 Å². The van der Waals surface area contributed by atoms with Gasteiger partial charge in [-0.15, -0.1) is 23.4 Å². The molecule has 0 aromatic rings. The van der Waals surface area contributed by atoms with E-state index in [0.717, 1.165) is 12.2 Å². The molecule has 1 aliphatic rings. The van der Waals surface area contributed by atoms with Crippen LogP contribution in [0.1, 0.15) is 6.42 Å². The zero-order chi connectivity index (χ0) is 6.85. The standard InChI is InChI=1S/C5H5Cl3S/c6-3-1-4(7)5(8)9-2-3/h3H,1-2H2. The number of thioether (sulfide) groups is 1. The lowest BCUT2D eigenvalue weighted by molar-refractivity contribution is 0.958. The third-order valence-corrected chi connectivity index (χ3v) is 3.67. The molecule has 1 aliphatic heterocycles. The molecule has 1 unspecified atom stereocenters. The summed E-state index contributed by atoms with van der Waals surface area (Å²) in [5.41, 5.74) is 0. The molecule has 0 nitrogen and oxygen atoms in total. The van der Waals surface area contributed by atoms with Crippen LogP contribution in [0.2, 0.25) is 0 Å². The van der Waals surface area contributed by atoms with Crippen LogP contribution in [-0.4, -0.2) is 11.1 Å². The van der Waals surface area contributed by atoms with Crippen molar-refractivity contribution < 1.29 is 0 Å². The maximum atomic E-state index is 5.78. The predicted molar refractivity (Wildman–Crippen MR) is 45.4 cm³/mol. The van der Waals surface area contributed by atoms with Gasteiger partial charge in [-0.3, -0.25) is 0 Å². The summed E-state index contributed by atoms with van der Waals surface area (Å²) < 4.78 is 0.702. The lowest BCUT2D eigenvalue weighted by Crippen LogP contribution is -2.06. The van der Waals surface area contributed by atoms with Gasteiger partial charge in [0, 0.05) is 22.6 Å². The summed E-state index contributed by atoms with van der Waals surface area (Å²) in [6.45, 7) is 0. The summed E-state index contributed by atoms with van der Waals surface area (Å²) in [6.07, 6.45) is 0.717. The number of hydrogen-bond donors (Lipinski definition) is 0. The van der Waals surface area contributed by atoms with Gasteiger partial charge in [-0.05, 0) is 0 Å². The van der Waals surface area contributed by atoms with E-state index in [0.29, 0.717) is 9.40 Å². The van der Waals surface area contributed by atoms with E-state index in [1.807, 2.05) is 0 Å². The number of rotatable bonds is 0. The summed E-state index contributed by atoms with van der Waals surface area (Å²) >= 11 is 18.7. The first-order chi connectivity index (χ1) is 4.20. The Bertz CT molecular complexity index is 143. The fourth-order valence-corrected chi connectivity index (χ4v) is 2.30. The first kappa shape index (κ1) is 8.06. The summed E-state index contributed by atoms with van der Waals surface area (Å²) in [4.78, 5) is 0. The molecule has 0 aliphatic carbocycles. The van der Waals surface area contributed by atoms with Crippen LogP contribution in [-0.2, 0) is 0 Å². The molecule has 0 amide bonds. The molecule has 1 heterocycles. The smallest absolute Gasteiger partial charge is 0.0881 e. The average Bonchev–Trinajstić information content (AvgIpc) is 1.80. The minimum atomic E-state index is 0.157. The molecule has 0 fully saturated rings. The van der Waals surface area contributed by atoms with E-state index in [1.54, 1.807) is 0 Å². The Morgan fingerprint density at radius 3 is 2.56 bits per heavy atom. The minimum Gasteiger partial charge on any atom is -0.122 e. The van der Waals surface area contributed by atoms with Crippen molar-refractivity contribution >= 4 is 46.6 Å². The van der Waals surface area contributed by atoms with Gasteiger partial charge in [0.05, 0.1) is 4.36 Å². The maximum absolute atomic E-state index is 5.78. The van der Waals surface area contributed by atoms with Crippen LogP contribution in [0.4, 0.5) is 0 Å². The highest BCUT2D eigenvalue weighted by molar-refractivity contribution is 8.04. The van der Waals surface area contributed by atoms with Crippen LogP contribution in [0.5, 0.6) is 0 Å². The van der Waals surface area contributed by atoms with Crippen LogP contribution in [0.3, 0.4) is 0 Å². The Morgan fingerprint density at radius 2 is 2.11 bits per heavy atom. The van der Waals surface area contributed by atoms with Gasteiger partial charge in [-0.2, -0.15) is 0 Å². The highest BCUT2D eigenvalue weighted by Gasteiger charge is 2.16. The number of hydrogen-bond acceptors (Lipinski definition) is 1. The molecule has 0 N–H and O–H groups in total. The molecule has 0 spiro atoms. The van der Waals surface area contributed by atoms with Crippen molar-refractivity contribution in [3.63, 3.8) is 0 Å². The van der Waals surface area contributed by atoms with Gasteiger partial charge in [0.1, 0.15) is 0 Å². The molecule has 0 aromatic heterocycles. The van der Waals surface area contributed by atoms with Gasteiger partial charge in [0.2, 0.25) is 0 Å². The van der Waals surface area contributed by atoms with E-state index in [1.165, 1.54) is 11.8 Å². The van der Waals surface area contributed by atoms with Crippen molar-refractivity contribution in [2.75, 3.05) is 5.75 Å².